The molecule has 5 nitrogen and oxygen atoms in total. The predicted molar refractivity (Wildman–Crippen MR) is 88.4 cm³/mol. The number of halogens is 1. The minimum Gasteiger partial charge on any atom is -0.496 e. The number of nitrogens with one attached hydrogen (secondary N) is 2. The van der Waals surface area contributed by atoms with Crippen LogP contribution in [0.3, 0.4) is 0 Å². The normalized spacial score (nSPS) is 13.0. The van der Waals surface area contributed by atoms with Crippen LogP contribution >= 0.6 is 11.6 Å². The Hall–Kier alpha value is -2.53. The number of hydrogen-bond donors (Lipinski definition) is 2. The number of hydrogen-bond acceptors (Lipinski definition) is 3. The fourth-order valence-corrected chi connectivity index (χ4v) is 2.72. The third-order valence-corrected chi connectivity index (χ3v) is 3.93. The van der Waals surface area contributed by atoms with Crippen molar-refractivity contribution in [1.29, 1.82) is 0 Å². The Morgan fingerprint density at radius 1 is 1.26 bits per heavy atom. The van der Waals surface area contributed by atoms with Crippen molar-refractivity contribution in [2.24, 2.45) is 0 Å². The molecule has 6 heteroatoms. The van der Waals surface area contributed by atoms with Crippen LogP contribution in [0.25, 0.3) is 0 Å². The first kappa shape index (κ1) is 15.4. The molecule has 0 aliphatic carbocycles. The van der Waals surface area contributed by atoms with Crippen molar-refractivity contribution in [3.63, 3.8) is 0 Å². The van der Waals surface area contributed by atoms with Crippen molar-refractivity contribution < 1.29 is 14.3 Å². The van der Waals surface area contributed by atoms with Gasteiger partial charge in [-0.05, 0) is 42.3 Å². The Labute approximate surface area is 138 Å². The summed E-state index contributed by atoms with van der Waals surface area (Å²) in [7, 11) is 1.49. The molecule has 0 saturated heterocycles. The van der Waals surface area contributed by atoms with Gasteiger partial charge in [0.25, 0.3) is 11.8 Å². The van der Waals surface area contributed by atoms with Gasteiger partial charge in [-0.2, -0.15) is 0 Å². The number of methoxy groups -OCH3 is 1. The molecule has 2 amide bonds. The molecule has 2 N–H and O–H groups in total. The number of carbonyl (C=O) groups excluding carboxylic acids is 2. The summed E-state index contributed by atoms with van der Waals surface area (Å²) in [5, 5.41) is 6.01. The molecule has 0 atom stereocenters. The van der Waals surface area contributed by atoms with E-state index in [1.54, 1.807) is 30.3 Å². The number of benzene rings is 2. The van der Waals surface area contributed by atoms with E-state index in [0.29, 0.717) is 34.1 Å². The lowest BCUT2D eigenvalue weighted by atomic mass is 10.00. The van der Waals surface area contributed by atoms with Crippen LogP contribution < -0.4 is 15.4 Å². The summed E-state index contributed by atoms with van der Waals surface area (Å²) >= 11 is 5.95. The SMILES string of the molecule is COc1ccc(Cl)cc1C(=O)Nc1ccc2c(c1)C(=O)NCC2. The number of carbonyl (C=O) groups is 2. The number of rotatable bonds is 3. The summed E-state index contributed by atoms with van der Waals surface area (Å²) in [6.07, 6.45) is 0.789. The number of anilines is 1. The number of fused-ring (bicyclic) bond motifs is 1. The van der Waals surface area contributed by atoms with Gasteiger partial charge < -0.3 is 15.4 Å². The van der Waals surface area contributed by atoms with Gasteiger partial charge in [-0.25, -0.2) is 0 Å². The zero-order valence-electron chi connectivity index (χ0n) is 12.5. The molecule has 0 saturated carbocycles. The second-order valence-electron chi connectivity index (χ2n) is 5.18. The lowest BCUT2D eigenvalue weighted by Gasteiger charge is -2.17. The van der Waals surface area contributed by atoms with Crippen LogP contribution in [-0.2, 0) is 6.42 Å². The fraction of sp³-hybridized carbons (Fsp3) is 0.176. The van der Waals surface area contributed by atoms with Crippen LogP contribution in [0.15, 0.2) is 36.4 Å². The van der Waals surface area contributed by atoms with Crippen LogP contribution in [0.4, 0.5) is 5.69 Å². The molecule has 1 heterocycles. The van der Waals surface area contributed by atoms with E-state index >= 15 is 0 Å². The summed E-state index contributed by atoms with van der Waals surface area (Å²) in [5.74, 6) is -0.0363. The molecule has 0 unspecified atom stereocenters. The standard InChI is InChI=1S/C17H15ClN2O3/c1-23-15-5-3-11(18)8-14(15)17(22)20-12-4-2-10-6-7-19-16(21)13(10)9-12/h2-5,8-9H,6-7H2,1H3,(H,19,21)(H,20,22). The van der Waals surface area contributed by atoms with Gasteiger partial charge in [0.2, 0.25) is 0 Å². The van der Waals surface area contributed by atoms with E-state index in [-0.39, 0.29) is 11.8 Å². The number of amides is 2. The molecule has 0 aromatic heterocycles. The molecule has 23 heavy (non-hydrogen) atoms. The lowest BCUT2D eigenvalue weighted by Crippen LogP contribution is -2.31. The van der Waals surface area contributed by atoms with Crippen molar-refractivity contribution in [3.05, 3.63) is 58.1 Å². The Bertz CT molecular complexity index is 789. The van der Waals surface area contributed by atoms with Crippen molar-refractivity contribution in [2.45, 2.75) is 6.42 Å². The Morgan fingerprint density at radius 2 is 2.09 bits per heavy atom. The summed E-state index contributed by atoms with van der Waals surface area (Å²) in [5.41, 5.74) is 2.45. The average molecular weight is 331 g/mol. The van der Waals surface area contributed by atoms with E-state index in [9.17, 15) is 9.59 Å². The zero-order chi connectivity index (χ0) is 16.4. The zero-order valence-corrected chi connectivity index (χ0v) is 13.2. The molecule has 3 rings (SSSR count). The van der Waals surface area contributed by atoms with Crippen LogP contribution in [0.2, 0.25) is 5.02 Å². The van der Waals surface area contributed by atoms with Gasteiger partial charge in [0.1, 0.15) is 5.75 Å². The molecule has 2 aromatic carbocycles. The first-order valence-corrected chi connectivity index (χ1v) is 7.52. The molecule has 0 radical (unpaired) electrons. The van der Waals surface area contributed by atoms with Crippen LogP contribution in [0.1, 0.15) is 26.3 Å². The third kappa shape index (κ3) is 3.14. The smallest absolute Gasteiger partial charge is 0.259 e. The highest BCUT2D eigenvalue weighted by Crippen LogP contribution is 2.25. The van der Waals surface area contributed by atoms with E-state index in [0.717, 1.165) is 12.0 Å². The second kappa shape index (κ2) is 6.30. The summed E-state index contributed by atoms with van der Waals surface area (Å²) < 4.78 is 5.18. The summed E-state index contributed by atoms with van der Waals surface area (Å²) in [6, 6.07) is 10.2. The van der Waals surface area contributed by atoms with Crippen molar-refractivity contribution in [2.75, 3.05) is 19.0 Å². The van der Waals surface area contributed by atoms with Gasteiger partial charge in [0.15, 0.2) is 0 Å². The molecule has 1 aliphatic heterocycles. The van der Waals surface area contributed by atoms with Gasteiger partial charge >= 0.3 is 0 Å². The van der Waals surface area contributed by atoms with E-state index in [2.05, 4.69) is 10.6 Å². The largest absolute Gasteiger partial charge is 0.496 e. The molecule has 1 aliphatic rings. The predicted octanol–water partition coefficient (Wildman–Crippen LogP) is 2.89. The van der Waals surface area contributed by atoms with Gasteiger partial charge in [0.05, 0.1) is 12.7 Å². The summed E-state index contributed by atoms with van der Waals surface area (Å²) in [4.78, 5) is 24.3. The minimum atomic E-state index is -0.347. The Morgan fingerprint density at radius 3 is 2.87 bits per heavy atom. The minimum absolute atomic E-state index is 0.123. The first-order valence-electron chi connectivity index (χ1n) is 7.14. The highest BCUT2D eigenvalue weighted by molar-refractivity contribution is 6.31. The summed E-state index contributed by atoms with van der Waals surface area (Å²) in [6.45, 7) is 0.636. The molecule has 0 fully saturated rings. The monoisotopic (exact) mass is 330 g/mol. The maximum Gasteiger partial charge on any atom is 0.259 e. The van der Waals surface area contributed by atoms with Crippen LogP contribution in [0, 0.1) is 0 Å². The first-order chi connectivity index (χ1) is 11.1. The maximum atomic E-state index is 12.4. The Kier molecular flexibility index (Phi) is 4.21. The highest BCUT2D eigenvalue weighted by Gasteiger charge is 2.18. The van der Waals surface area contributed by atoms with E-state index < -0.39 is 0 Å². The number of ether oxygens (including phenoxy) is 1. The van der Waals surface area contributed by atoms with E-state index in [1.807, 2.05) is 6.07 Å². The van der Waals surface area contributed by atoms with Gasteiger partial charge in [0, 0.05) is 22.8 Å². The van der Waals surface area contributed by atoms with Crippen LogP contribution in [-0.4, -0.2) is 25.5 Å². The van der Waals surface area contributed by atoms with Gasteiger partial charge in [-0.3, -0.25) is 9.59 Å². The topological polar surface area (TPSA) is 67.4 Å². The van der Waals surface area contributed by atoms with Crippen molar-refractivity contribution in [3.8, 4) is 5.75 Å². The van der Waals surface area contributed by atoms with Crippen molar-refractivity contribution >= 4 is 29.1 Å². The molecular formula is C17H15ClN2O3. The van der Waals surface area contributed by atoms with E-state index in [1.165, 1.54) is 7.11 Å². The quantitative estimate of drug-likeness (QED) is 0.909. The third-order valence-electron chi connectivity index (χ3n) is 3.70. The van der Waals surface area contributed by atoms with E-state index in [4.69, 9.17) is 16.3 Å². The molecule has 0 spiro atoms. The van der Waals surface area contributed by atoms with Gasteiger partial charge in [-0.15, -0.1) is 0 Å². The van der Waals surface area contributed by atoms with Crippen LogP contribution in [0.5, 0.6) is 5.75 Å². The van der Waals surface area contributed by atoms with Gasteiger partial charge in [-0.1, -0.05) is 17.7 Å². The highest BCUT2D eigenvalue weighted by atomic mass is 35.5. The lowest BCUT2D eigenvalue weighted by molar-refractivity contribution is 0.0944. The van der Waals surface area contributed by atoms with Crippen molar-refractivity contribution in [1.82, 2.24) is 5.32 Å². The Balaban J connectivity index is 1.88. The molecule has 118 valence electrons. The second-order valence-corrected chi connectivity index (χ2v) is 5.61. The molecule has 2 aromatic rings. The molecular weight excluding hydrogens is 316 g/mol. The maximum absolute atomic E-state index is 12.4. The molecule has 0 bridgehead atoms. The fourth-order valence-electron chi connectivity index (χ4n) is 2.55. The average Bonchev–Trinajstić information content (AvgIpc) is 2.55.